The van der Waals surface area contributed by atoms with Gasteiger partial charge in [-0.1, -0.05) is 12.1 Å². The third kappa shape index (κ3) is 3.32. The van der Waals surface area contributed by atoms with Gasteiger partial charge in [-0.3, -0.25) is 4.90 Å². The molecule has 0 amide bonds. The van der Waals surface area contributed by atoms with Crippen molar-refractivity contribution in [3.63, 3.8) is 0 Å². The van der Waals surface area contributed by atoms with Gasteiger partial charge in [-0.15, -0.1) is 0 Å². The maximum absolute atomic E-state index is 6.11. The molecular formula is C19H23N3O3. The third-order valence-electron chi connectivity index (χ3n) is 5.09. The van der Waals surface area contributed by atoms with Gasteiger partial charge in [-0.2, -0.15) is 0 Å². The van der Waals surface area contributed by atoms with Crippen molar-refractivity contribution in [3.05, 3.63) is 48.3 Å². The lowest BCUT2D eigenvalue weighted by molar-refractivity contribution is -0.140. The highest BCUT2D eigenvalue weighted by atomic mass is 16.5. The number of ether oxygens (including phenoxy) is 3. The first kappa shape index (κ1) is 16.3. The zero-order valence-electron chi connectivity index (χ0n) is 14.4. The summed E-state index contributed by atoms with van der Waals surface area (Å²) >= 11 is 0. The Morgan fingerprint density at radius 1 is 1.20 bits per heavy atom. The van der Waals surface area contributed by atoms with Crippen molar-refractivity contribution in [1.82, 2.24) is 14.9 Å². The Morgan fingerprint density at radius 3 is 2.88 bits per heavy atom. The van der Waals surface area contributed by atoms with Gasteiger partial charge in [-0.05, 0) is 18.6 Å². The Balaban J connectivity index is 1.34. The SMILES string of the molecule is COc1ncccc1CN1CC2(C1)OCCC2COc1ccccn1. The summed E-state index contributed by atoms with van der Waals surface area (Å²) in [7, 11) is 1.66. The Kier molecular flexibility index (Phi) is 4.55. The maximum atomic E-state index is 6.11. The quantitative estimate of drug-likeness (QED) is 0.802. The van der Waals surface area contributed by atoms with Crippen LogP contribution in [0.2, 0.25) is 0 Å². The van der Waals surface area contributed by atoms with Crippen LogP contribution in [-0.2, 0) is 11.3 Å². The zero-order valence-corrected chi connectivity index (χ0v) is 14.4. The van der Waals surface area contributed by atoms with E-state index in [1.54, 1.807) is 19.5 Å². The molecule has 4 rings (SSSR count). The summed E-state index contributed by atoms with van der Waals surface area (Å²) in [5.74, 6) is 1.79. The molecule has 0 aromatic carbocycles. The minimum Gasteiger partial charge on any atom is -0.481 e. The van der Waals surface area contributed by atoms with Crippen LogP contribution in [0.4, 0.5) is 0 Å². The van der Waals surface area contributed by atoms with E-state index < -0.39 is 0 Å². The van der Waals surface area contributed by atoms with E-state index in [0.717, 1.165) is 38.2 Å². The fourth-order valence-electron chi connectivity index (χ4n) is 3.78. The van der Waals surface area contributed by atoms with E-state index >= 15 is 0 Å². The van der Waals surface area contributed by atoms with E-state index in [0.29, 0.717) is 24.3 Å². The van der Waals surface area contributed by atoms with Crippen LogP contribution in [0.25, 0.3) is 0 Å². The Morgan fingerprint density at radius 2 is 2.08 bits per heavy atom. The second-order valence-corrected chi connectivity index (χ2v) is 6.69. The first-order chi connectivity index (χ1) is 12.3. The van der Waals surface area contributed by atoms with Crippen LogP contribution in [0.5, 0.6) is 11.8 Å². The molecule has 2 aromatic heterocycles. The van der Waals surface area contributed by atoms with Gasteiger partial charge in [0, 0.05) is 56.2 Å². The highest BCUT2D eigenvalue weighted by Crippen LogP contribution is 2.41. The normalized spacial score (nSPS) is 21.9. The standard InChI is InChI=1S/C19H23N3O3/c1-23-18-15(5-4-9-21-18)11-22-13-19(14-22)16(7-10-25-19)12-24-17-6-2-3-8-20-17/h2-6,8-9,16H,7,10-14H2,1H3. The highest BCUT2D eigenvalue weighted by molar-refractivity contribution is 5.26. The van der Waals surface area contributed by atoms with Gasteiger partial charge in [0.1, 0.15) is 0 Å². The Labute approximate surface area is 147 Å². The first-order valence-electron chi connectivity index (χ1n) is 8.67. The molecule has 1 atom stereocenters. The number of hydrogen-bond donors (Lipinski definition) is 0. The molecule has 2 saturated heterocycles. The molecule has 1 spiro atoms. The molecule has 0 bridgehead atoms. The molecule has 0 saturated carbocycles. The summed E-state index contributed by atoms with van der Waals surface area (Å²) in [4.78, 5) is 10.9. The van der Waals surface area contributed by atoms with Gasteiger partial charge >= 0.3 is 0 Å². The maximum Gasteiger partial charge on any atom is 0.217 e. The van der Waals surface area contributed by atoms with Gasteiger partial charge in [0.15, 0.2) is 0 Å². The third-order valence-corrected chi connectivity index (χ3v) is 5.09. The summed E-state index contributed by atoms with van der Waals surface area (Å²) in [6.07, 6.45) is 4.55. The number of rotatable bonds is 6. The second-order valence-electron chi connectivity index (χ2n) is 6.69. The van der Waals surface area contributed by atoms with E-state index in [9.17, 15) is 0 Å². The molecule has 6 nitrogen and oxygen atoms in total. The lowest BCUT2D eigenvalue weighted by atomic mass is 9.81. The van der Waals surface area contributed by atoms with Crippen molar-refractivity contribution in [2.45, 2.75) is 18.6 Å². The molecule has 1 unspecified atom stereocenters. The van der Waals surface area contributed by atoms with Crippen LogP contribution >= 0.6 is 0 Å². The number of pyridine rings is 2. The molecule has 6 heteroatoms. The van der Waals surface area contributed by atoms with Crippen LogP contribution in [0, 0.1) is 5.92 Å². The molecule has 4 heterocycles. The fourth-order valence-corrected chi connectivity index (χ4v) is 3.78. The Bertz CT molecular complexity index is 704. The van der Waals surface area contributed by atoms with Gasteiger partial charge in [0.25, 0.3) is 0 Å². The molecule has 2 aliphatic heterocycles. The molecule has 2 fully saturated rings. The van der Waals surface area contributed by atoms with E-state index in [4.69, 9.17) is 14.2 Å². The van der Waals surface area contributed by atoms with Gasteiger partial charge < -0.3 is 14.2 Å². The van der Waals surface area contributed by atoms with E-state index in [-0.39, 0.29) is 5.60 Å². The van der Waals surface area contributed by atoms with E-state index in [2.05, 4.69) is 20.9 Å². The molecule has 2 aromatic rings. The van der Waals surface area contributed by atoms with Crippen LogP contribution in [0.15, 0.2) is 42.7 Å². The van der Waals surface area contributed by atoms with Crippen molar-refractivity contribution in [2.24, 2.45) is 5.92 Å². The second kappa shape index (κ2) is 6.98. The molecular weight excluding hydrogens is 318 g/mol. The van der Waals surface area contributed by atoms with Crippen LogP contribution < -0.4 is 9.47 Å². The van der Waals surface area contributed by atoms with Crippen molar-refractivity contribution in [3.8, 4) is 11.8 Å². The minimum atomic E-state index is -0.0791. The van der Waals surface area contributed by atoms with Crippen molar-refractivity contribution in [1.29, 1.82) is 0 Å². The minimum absolute atomic E-state index is 0.0791. The summed E-state index contributed by atoms with van der Waals surface area (Å²) < 4.78 is 17.3. The Hall–Kier alpha value is -2.18. The molecule has 25 heavy (non-hydrogen) atoms. The first-order valence-corrected chi connectivity index (χ1v) is 8.67. The molecule has 0 aliphatic carbocycles. The lowest BCUT2D eigenvalue weighted by Crippen LogP contribution is -2.64. The molecule has 0 radical (unpaired) electrons. The van der Waals surface area contributed by atoms with E-state index in [1.807, 2.05) is 24.3 Å². The van der Waals surface area contributed by atoms with Crippen molar-refractivity contribution < 1.29 is 14.2 Å². The van der Waals surface area contributed by atoms with E-state index in [1.165, 1.54) is 0 Å². The monoisotopic (exact) mass is 341 g/mol. The smallest absolute Gasteiger partial charge is 0.217 e. The number of methoxy groups -OCH3 is 1. The van der Waals surface area contributed by atoms with Crippen LogP contribution in [0.3, 0.4) is 0 Å². The topological polar surface area (TPSA) is 56.7 Å². The lowest BCUT2D eigenvalue weighted by Gasteiger charge is -2.50. The fraction of sp³-hybridized carbons (Fsp3) is 0.474. The van der Waals surface area contributed by atoms with Gasteiger partial charge in [0.05, 0.1) is 19.3 Å². The predicted molar refractivity (Wildman–Crippen MR) is 92.6 cm³/mol. The largest absolute Gasteiger partial charge is 0.481 e. The number of likely N-dealkylation sites (tertiary alicyclic amines) is 1. The predicted octanol–water partition coefficient (Wildman–Crippen LogP) is 2.16. The van der Waals surface area contributed by atoms with Crippen molar-refractivity contribution >= 4 is 0 Å². The molecule has 0 N–H and O–H groups in total. The zero-order chi connectivity index (χ0) is 17.1. The summed E-state index contributed by atoms with van der Waals surface area (Å²) in [5, 5.41) is 0. The summed E-state index contributed by atoms with van der Waals surface area (Å²) in [6, 6.07) is 9.74. The molecule has 132 valence electrons. The summed E-state index contributed by atoms with van der Waals surface area (Å²) in [6.45, 7) is 4.12. The number of nitrogens with zero attached hydrogens (tertiary/aromatic N) is 3. The average Bonchev–Trinajstić information content (AvgIpc) is 3.05. The van der Waals surface area contributed by atoms with Gasteiger partial charge in [-0.25, -0.2) is 9.97 Å². The average molecular weight is 341 g/mol. The van der Waals surface area contributed by atoms with Crippen molar-refractivity contribution in [2.75, 3.05) is 33.4 Å². The number of aromatic nitrogens is 2. The summed E-state index contributed by atoms with van der Waals surface area (Å²) in [5.41, 5.74) is 1.03. The van der Waals surface area contributed by atoms with Crippen LogP contribution in [0.1, 0.15) is 12.0 Å². The molecule has 2 aliphatic rings. The highest BCUT2D eigenvalue weighted by Gasteiger charge is 2.53. The van der Waals surface area contributed by atoms with Crippen LogP contribution in [-0.4, -0.2) is 53.9 Å². The van der Waals surface area contributed by atoms with Gasteiger partial charge in [0.2, 0.25) is 11.8 Å². The number of hydrogen-bond acceptors (Lipinski definition) is 6.